The van der Waals surface area contributed by atoms with Crippen molar-refractivity contribution >= 4 is 11.4 Å². The fraction of sp³-hybridized carbons (Fsp3) is 0.875. The van der Waals surface area contributed by atoms with E-state index < -0.39 is 0 Å². The molecule has 1 rings (SSSR count). The van der Waals surface area contributed by atoms with Crippen molar-refractivity contribution in [1.82, 2.24) is 0 Å². The Bertz CT molecular complexity index is 336. The molecule has 0 N–H and O–H groups in total. The van der Waals surface area contributed by atoms with Crippen molar-refractivity contribution in [2.24, 2.45) is 9.98 Å². The van der Waals surface area contributed by atoms with E-state index in [1.54, 1.807) is 0 Å². The van der Waals surface area contributed by atoms with Gasteiger partial charge in [-0.2, -0.15) is 0 Å². The molecule has 0 saturated carbocycles. The Morgan fingerprint density at radius 3 is 1.43 bits per heavy atom. The normalized spacial score (nSPS) is 24.1. The third kappa shape index (κ3) is 9.39. The van der Waals surface area contributed by atoms with Crippen molar-refractivity contribution in [3.05, 3.63) is 10.6 Å². The number of aliphatic imine (C=N–C) groups is 2. The molecule has 0 aromatic carbocycles. The molecule has 0 fully saturated rings. The minimum Gasteiger partial charge on any atom is -0.655 e. The van der Waals surface area contributed by atoms with Crippen LogP contribution in [-0.2, 0) is 16.5 Å². The molecule has 0 amide bonds. The van der Waals surface area contributed by atoms with Gasteiger partial charge in [0.1, 0.15) is 0 Å². The number of hydrogen-bond donors (Lipinski definition) is 0. The molecule has 1 aliphatic heterocycles. The van der Waals surface area contributed by atoms with E-state index in [9.17, 15) is 0 Å². The van der Waals surface area contributed by atoms with E-state index in [1.165, 1.54) is 11.4 Å². The summed E-state index contributed by atoms with van der Waals surface area (Å²) in [6, 6.07) is 0. The molecule has 21 heavy (non-hydrogen) atoms. The summed E-state index contributed by atoms with van der Waals surface area (Å²) in [5.74, 6) is 0. The molecule has 1 heterocycles. The molecule has 0 unspecified atom stereocenters. The van der Waals surface area contributed by atoms with Gasteiger partial charge < -0.3 is 10.6 Å². The first-order chi connectivity index (χ1) is 9.20. The van der Waals surface area contributed by atoms with E-state index in [-0.39, 0.29) is 27.6 Å². The summed E-state index contributed by atoms with van der Waals surface area (Å²) < 4.78 is 0. The van der Waals surface area contributed by atoms with Gasteiger partial charge in [0, 0.05) is 24.5 Å². The minimum absolute atomic E-state index is 0. The summed E-state index contributed by atoms with van der Waals surface area (Å²) in [7, 11) is 0. The van der Waals surface area contributed by atoms with Gasteiger partial charge in [0.25, 0.3) is 0 Å². The van der Waals surface area contributed by atoms with Crippen LogP contribution in [0.15, 0.2) is 9.98 Å². The molecule has 0 aromatic heterocycles. The number of nitrogens with zero attached hydrogens (tertiary/aromatic N) is 4. The fourth-order valence-corrected chi connectivity index (χ4v) is 2.66. The molecule has 5 heteroatoms. The first-order valence-corrected chi connectivity index (χ1v) is 7.57. The van der Waals surface area contributed by atoms with Crippen molar-refractivity contribution in [1.29, 1.82) is 0 Å². The average Bonchev–Trinajstić information content (AvgIpc) is 2.28. The fourth-order valence-electron chi connectivity index (χ4n) is 2.66. The first-order valence-electron chi connectivity index (χ1n) is 7.57. The summed E-state index contributed by atoms with van der Waals surface area (Å²) in [5, 5.41) is 9.51. The zero-order valence-corrected chi connectivity index (χ0v) is 15.3. The van der Waals surface area contributed by atoms with Crippen LogP contribution in [0.4, 0.5) is 0 Å². The predicted octanol–water partition coefficient (Wildman–Crippen LogP) is 4.00. The quantitative estimate of drug-likeness (QED) is 0.600. The maximum atomic E-state index is 4.75. The van der Waals surface area contributed by atoms with E-state index in [0.29, 0.717) is 0 Å². The van der Waals surface area contributed by atoms with Gasteiger partial charge in [-0.15, -0.1) is 24.2 Å². The second-order valence-electron chi connectivity index (χ2n) is 6.98. The van der Waals surface area contributed by atoms with E-state index in [1.807, 2.05) is 0 Å². The molecule has 124 valence electrons. The van der Waals surface area contributed by atoms with Crippen LogP contribution in [0.25, 0.3) is 10.6 Å². The van der Waals surface area contributed by atoms with Crippen LogP contribution >= 0.6 is 0 Å². The Morgan fingerprint density at radius 2 is 1.10 bits per heavy atom. The molecule has 0 aliphatic carbocycles. The van der Waals surface area contributed by atoms with Crippen LogP contribution in [0.5, 0.6) is 0 Å². The molecular formula is C16H30N4Ni. The summed E-state index contributed by atoms with van der Waals surface area (Å²) in [5.41, 5.74) is 2.25. The van der Waals surface area contributed by atoms with Crippen molar-refractivity contribution in [3.63, 3.8) is 0 Å². The topological polar surface area (TPSA) is 52.9 Å². The van der Waals surface area contributed by atoms with Gasteiger partial charge >= 0.3 is 16.5 Å². The molecule has 0 aromatic rings. The molecule has 0 bridgehead atoms. The van der Waals surface area contributed by atoms with Crippen LogP contribution in [-0.4, -0.2) is 48.7 Å². The number of rotatable bonds is 0. The monoisotopic (exact) mass is 336 g/mol. The Morgan fingerprint density at radius 1 is 0.762 bits per heavy atom. The second-order valence-corrected chi connectivity index (χ2v) is 6.98. The molecule has 4 nitrogen and oxygen atoms in total. The molecule has 0 atom stereocenters. The third-order valence-electron chi connectivity index (χ3n) is 3.42. The Hall–Kier alpha value is -0.246. The van der Waals surface area contributed by atoms with Gasteiger partial charge in [0.05, 0.1) is 0 Å². The van der Waals surface area contributed by atoms with Crippen LogP contribution in [0.1, 0.15) is 54.4 Å². The van der Waals surface area contributed by atoms with E-state index >= 15 is 0 Å². The largest absolute Gasteiger partial charge is 2.00 e. The maximum absolute atomic E-state index is 4.75. The zero-order chi connectivity index (χ0) is 15.2. The summed E-state index contributed by atoms with van der Waals surface area (Å²) in [4.78, 5) is 9.25. The minimum atomic E-state index is -0.0441. The smallest absolute Gasteiger partial charge is 0.655 e. The van der Waals surface area contributed by atoms with Gasteiger partial charge in [-0.05, 0) is 26.7 Å². The van der Waals surface area contributed by atoms with Crippen LogP contribution < -0.4 is 0 Å². The van der Waals surface area contributed by atoms with E-state index in [4.69, 9.17) is 10.6 Å². The molecule has 0 saturated heterocycles. The van der Waals surface area contributed by atoms with Crippen molar-refractivity contribution < 1.29 is 16.5 Å². The van der Waals surface area contributed by atoms with E-state index in [0.717, 1.165) is 39.0 Å². The Labute approximate surface area is 140 Å². The molecule has 1 aliphatic rings. The van der Waals surface area contributed by atoms with Gasteiger partial charge in [-0.25, -0.2) is 0 Å². The summed E-state index contributed by atoms with van der Waals surface area (Å²) >= 11 is 0. The summed E-state index contributed by atoms with van der Waals surface area (Å²) in [6.45, 7) is 16.0. The Kier molecular flexibility index (Phi) is 8.91. The third-order valence-corrected chi connectivity index (χ3v) is 3.42. The first kappa shape index (κ1) is 20.8. The second kappa shape index (κ2) is 9.02. The Balaban J connectivity index is 0.00000400. The zero-order valence-electron chi connectivity index (χ0n) is 14.3. The maximum Gasteiger partial charge on any atom is 2.00 e. The van der Waals surface area contributed by atoms with Crippen molar-refractivity contribution in [3.8, 4) is 0 Å². The van der Waals surface area contributed by atoms with Gasteiger partial charge in [0.15, 0.2) is 0 Å². The molecular weight excluding hydrogens is 307 g/mol. The van der Waals surface area contributed by atoms with Gasteiger partial charge in [-0.3, -0.25) is 9.98 Å². The standard InChI is InChI=1S/C16H30N4.Ni/c1-13-11-15(3,4)19-10-8-18-14(2)12-16(5,6)20-9-7-17-13;/h7-12H2,1-6H3;/q-2;+2. The predicted molar refractivity (Wildman–Crippen MR) is 89.8 cm³/mol. The molecule has 0 radical (unpaired) electrons. The van der Waals surface area contributed by atoms with Crippen molar-refractivity contribution in [2.45, 2.75) is 65.5 Å². The van der Waals surface area contributed by atoms with Gasteiger partial charge in [-0.1, -0.05) is 27.7 Å². The van der Waals surface area contributed by atoms with Crippen LogP contribution in [0.3, 0.4) is 0 Å². The number of hydrogen-bond acceptors (Lipinski definition) is 2. The van der Waals surface area contributed by atoms with E-state index in [2.05, 4.69) is 51.5 Å². The van der Waals surface area contributed by atoms with Gasteiger partial charge in [0.2, 0.25) is 0 Å². The molecule has 0 spiro atoms. The van der Waals surface area contributed by atoms with Crippen molar-refractivity contribution in [2.75, 3.05) is 26.2 Å². The van der Waals surface area contributed by atoms with Crippen LogP contribution in [0, 0.1) is 0 Å². The SMILES string of the molecule is CC1=NCC[N-]C(C)(C)CC(C)=NCC[N-]C(C)(C)C1.[Ni+2]. The van der Waals surface area contributed by atoms with Crippen LogP contribution in [0.2, 0.25) is 0 Å². The average molecular weight is 337 g/mol. The summed E-state index contributed by atoms with van der Waals surface area (Å²) in [6.07, 6.45) is 1.83.